The Kier molecular flexibility index (Phi) is 6.20. The van der Waals surface area contributed by atoms with E-state index < -0.39 is 55.4 Å². The van der Waals surface area contributed by atoms with Crippen molar-refractivity contribution in [2.24, 2.45) is 0 Å². The van der Waals surface area contributed by atoms with Crippen molar-refractivity contribution in [1.29, 1.82) is 0 Å². The molecule has 2 aromatic rings. The van der Waals surface area contributed by atoms with Gasteiger partial charge in [-0.3, -0.25) is 14.5 Å². The van der Waals surface area contributed by atoms with Crippen molar-refractivity contribution < 1.29 is 41.8 Å². The average Bonchev–Trinajstić information content (AvgIpc) is 3.24. The number of rotatable bonds is 6. The number of likely N-dealkylation sites (N-methyl/N-ethyl adjacent to an activating group) is 1. The number of carboxylic acids is 1. The largest absolute Gasteiger partial charge is 0.481 e. The lowest BCUT2D eigenvalue weighted by Crippen LogP contribution is -2.50. The van der Waals surface area contributed by atoms with Gasteiger partial charge in [0.1, 0.15) is 12.6 Å². The minimum atomic E-state index is -4.46. The minimum absolute atomic E-state index is 0.134. The second-order valence-electron chi connectivity index (χ2n) is 8.63. The van der Waals surface area contributed by atoms with Gasteiger partial charge in [0.2, 0.25) is 5.91 Å². The summed E-state index contributed by atoms with van der Waals surface area (Å²) in [6.45, 7) is -3.29. The minimum Gasteiger partial charge on any atom is -0.481 e. The zero-order chi connectivity index (χ0) is 25.5. The van der Waals surface area contributed by atoms with Crippen LogP contribution in [0.1, 0.15) is 23.5 Å². The number of nitrogens with zero attached hydrogens (tertiary/aromatic N) is 2. The van der Waals surface area contributed by atoms with Crippen LogP contribution in [-0.2, 0) is 14.3 Å². The summed E-state index contributed by atoms with van der Waals surface area (Å²) in [5, 5.41) is 9.19. The summed E-state index contributed by atoms with van der Waals surface area (Å²) in [6, 6.07) is 13.3. The molecule has 7 nitrogen and oxygen atoms in total. The number of carbonyl (C=O) groups is 3. The highest BCUT2D eigenvalue weighted by atomic mass is 19.3. The van der Waals surface area contributed by atoms with Crippen LogP contribution < -0.4 is 0 Å². The Bertz CT molecular complexity index is 1110. The molecule has 2 aliphatic rings. The monoisotopic (exact) mass is 494 g/mol. The van der Waals surface area contributed by atoms with Crippen LogP contribution in [0.25, 0.3) is 11.1 Å². The van der Waals surface area contributed by atoms with Crippen LogP contribution in [-0.4, -0.2) is 77.5 Å². The fraction of sp³-hybridized carbons (Fsp3) is 0.375. The number of hydrogen-bond acceptors (Lipinski definition) is 4. The number of aliphatic carboxylic acids is 1. The van der Waals surface area contributed by atoms with Crippen LogP contribution in [0, 0.1) is 0 Å². The molecule has 1 atom stereocenters. The van der Waals surface area contributed by atoms with Gasteiger partial charge in [0.15, 0.2) is 0 Å². The third-order valence-corrected chi connectivity index (χ3v) is 6.37. The van der Waals surface area contributed by atoms with Crippen LogP contribution in [0.2, 0.25) is 0 Å². The predicted octanol–water partition coefficient (Wildman–Crippen LogP) is 3.82. The first-order valence-corrected chi connectivity index (χ1v) is 10.8. The molecule has 4 rings (SSSR count). The topological polar surface area (TPSA) is 87.1 Å². The maximum atomic E-state index is 13.6. The predicted molar refractivity (Wildman–Crippen MR) is 115 cm³/mol. The summed E-state index contributed by atoms with van der Waals surface area (Å²) >= 11 is 0. The Morgan fingerprint density at radius 3 is 1.97 bits per heavy atom. The second-order valence-corrected chi connectivity index (χ2v) is 8.63. The number of hydrogen-bond donors (Lipinski definition) is 1. The van der Waals surface area contributed by atoms with E-state index >= 15 is 0 Å². The van der Waals surface area contributed by atoms with Crippen molar-refractivity contribution in [3.63, 3.8) is 0 Å². The molecule has 0 spiro atoms. The molecule has 186 valence electrons. The number of halogens is 4. The van der Waals surface area contributed by atoms with Crippen molar-refractivity contribution in [3.8, 4) is 11.1 Å². The van der Waals surface area contributed by atoms with Gasteiger partial charge in [0.25, 0.3) is 0 Å². The third kappa shape index (κ3) is 4.42. The summed E-state index contributed by atoms with van der Waals surface area (Å²) < 4.78 is 59.7. The zero-order valence-electron chi connectivity index (χ0n) is 18.6. The number of alkyl halides is 4. The Labute approximate surface area is 197 Å². The number of carboxylic acid groups (broad SMARTS) is 1. The van der Waals surface area contributed by atoms with E-state index in [1.807, 2.05) is 48.5 Å². The van der Waals surface area contributed by atoms with Gasteiger partial charge in [-0.15, -0.1) is 0 Å². The number of carbonyl (C=O) groups excluding carboxylic acids is 2. The molecule has 35 heavy (non-hydrogen) atoms. The van der Waals surface area contributed by atoms with Crippen LogP contribution >= 0.6 is 0 Å². The molecular weight excluding hydrogens is 472 g/mol. The third-order valence-electron chi connectivity index (χ3n) is 6.37. The normalized spacial score (nSPS) is 18.5. The van der Waals surface area contributed by atoms with Gasteiger partial charge in [-0.2, -0.15) is 17.6 Å². The first kappa shape index (κ1) is 24.5. The van der Waals surface area contributed by atoms with Crippen molar-refractivity contribution in [1.82, 2.24) is 9.80 Å². The SMILES string of the molecule is CN(C(=O)OCC1c2ccccc2-c2ccccc21)C(CC(=O)O)C(=O)N1CC(F)(F)C(F)(F)C1. The van der Waals surface area contributed by atoms with Crippen LogP contribution in [0.5, 0.6) is 0 Å². The van der Waals surface area contributed by atoms with E-state index in [0.29, 0.717) is 4.90 Å². The van der Waals surface area contributed by atoms with Gasteiger partial charge in [-0.25, -0.2) is 4.79 Å². The van der Waals surface area contributed by atoms with Gasteiger partial charge >= 0.3 is 23.9 Å². The summed E-state index contributed by atoms with van der Waals surface area (Å²) in [4.78, 5) is 37.6. The molecule has 0 saturated carbocycles. The Morgan fingerprint density at radius 1 is 1.00 bits per heavy atom. The molecule has 2 aromatic carbocycles. The van der Waals surface area contributed by atoms with E-state index in [2.05, 4.69) is 0 Å². The van der Waals surface area contributed by atoms with Gasteiger partial charge in [-0.05, 0) is 22.3 Å². The van der Waals surface area contributed by atoms with Crippen LogP contribution in [0.4, 0.5) is 22.4 Å². The van der Waals surface area contributed by atoms with E-state index in [0.717, 1.165) is 29.3 Å². The Hall–Kier alpha value is -3.63. The molecule has 1 unspecified atom stereocenters. The second kappa shape index (κ2) is 8.86. The summed E-state index contributed by atoms with van der Waals surface area (Å²) in [5.41, 5.74) is 3.80. The van der Waals surface area contributed by atoms with E-state index in [1.165, 1.54) is 0 Å². The highest BCUT2D eigenvalue weighted by molar-refractivity contribution is 5.89. The standard InChI is InChI=1S/C24H22F4N2O5/c1-29(19(10-20(31)32)21(33)30-12-23(25,26)24(27,28)13-30)22(34)35-11-18-16-8-4-2-6-14(16)15-7-3-5-9-17(15)18/h2-9,18-19H,10-13H2,1H3,(H,31,32). The summed E-state index contributed by atoms with van der Waals surface area (Å²) in [7, 11) is 1.07. The van der Waals surface area contributed by atoms with Gasteiger partial charge < -0.3 is 14.7 Å². The highest BCUT2D eigenvalue weighted by Crippen LogP contribution is 2.45. The number of ether oxygens (including phenoxy) is 1. The lowest BCUT2D eigenvalue weighted by Gasteiger charge is -2.29. The molecule has 1 fully saturated rings. The first-order chi connectivity index (χ1) is 16.4. The zero-order valence-corrected chi connectivity index (χ0v) is 18.6. The molecule has 0 radical (unpaired) electrons. The molecule has 2 amide bonds. The first-order valence-electron chi connectivity index (χ1n) is 10.8. The van der Waals surface area contributed by atoms with E-state index in [9.17, 15) is 37.1 Å². The van der Waals surface area contributed by atoms with Crippen molar-refractivity contribution in [3.05, 3.63) is 59.7 Å². The number of benzene rings is 2. The molecule has 0 aromatic heterocycles. The lowest BCUT2D eigenvalue weighted by atomic mass is 9.98. The fourth-order valence-corrected chi connectivity index (χ4v) is 4.51. The molecule has 1 aliphatic heterocycles. The average molecular weight is 494 g/mol. The van der Waals surface area contributed by atoms with E-state index in [4.69, 9.17) is 4.74 Å². The molecule has 1 aliphatic carbocycles. The molecular formula is C24H22F4N2O5. The van der Waals surface area contributed by atoms with Crippen molar-refractivity contribution >= 4 is 18.0 Å². The molecule has 0 bridgehead atoms. The summed E-state index contributed by atoms with van der Waals surface area (Å²) in [6.07, 6.45) is -2.04. The maximum Gasteiger partial charge on any atom is 0.410 e. The number of likely N-dealkylation sites (tertiary alicyclic amines) is 1. The Balaban J connectivity index is 1.49. The summed E-state index contributed by atoms with van der Waals surface area (Å²) in [5.74, 6) is -12.1. The van der Waals surface area contributed by atoms with Gasteiger partial charge in [0.05, 0.1) is 19.5 Å². The molecule has 1 saturated heterocycles. The molecule has 11 heteroatoms. The van der Waals surface area contributed by atoms with Gasteiger partial charge in [-0.1, -0.05) is 48.5 Å². The van der Waals surface area contributed by atoms with Crippen molar-refractivity contribution in [2.75, 3.05) is 26.7 Å². The quantitative estimate of drug-likeness (QED) is 0.617. The maximum absolute atomic E-state index is 13.6. The highest BCUT2D eigenvalue weighted by Gasteiger charge is 2.64. The van der Waals surface area contributed by atoms with Crippen LogP contribution in [0.15, 0.2) is 48.5 Å². The fourth-order valence-electron chi connectivity index (χ4n) is 4.51. The van der Waals surface area contributed by atoms with E-state index in [-0.39, 0.29) is 17.4 Å². The molecule has 1 heterocycles. The van der Waals surface area contributed by atoms with Crippen LogP contribution in [0.3, 0.4) is 0 Å². The smallest absolute Gasteiger partial charge is 0.410 e. The number of fused-ring (bicyclic) bond motifs is 3. The number of amides is 2. The van der Waals surface area contributed by atoms with E-state index in [1.54, 1.807) is 0 Å². The van der Waals surface area contributed by atoms with Gasteiger partial charge in [0, 0.05) is 13.0 Å². The van der Waals surface area contributed by atoms with Crippen molar-refractivity contribution in [2.45, 2.75) is 30.2 Å². The lowest BCUT2D eigenvalue weighted by molar-refractivity contribution is -0.172. The molecule has 1 N–H and O–H groups in total. The Morgan fingerprint density at radius 2 is 1.49 bits per heavy atom.